The van der Waals surface area contributed by atoms with Gasteiger partial charge in [0, 0.05) is 20.1 Å². The molecule has 1 amide bonds. The molecule has 170 valence electrons. The van der Waals surface area contributed by atoms with Crippen LogP contribution in [0.15, 0.2) is 47.3 Å². The van der Waals surface area contributed by atoms with Crippen molar-refractivity contribution in [3.8, 4) is 5.69 Å². The van der Waals surface area contributed by atoms with Crippen LogP contribution in [0.3, 0.4) is 0 Å². The highest BCUT2D eigenvalue weighted by molar-refractivity contribution is 5.79. The van der Waals surface area contributed by atoms with E-state index >= 15 is 0 Å². The molecule has 0 saturated heterocycles. The van der Waals surface area contributed by atoms with Gasteiger partial charge in [-0.1, -0.05) is 32.0 Å². The van der Waals surface area contributed by atoms with Crippen LogP contribution in [-0.2, 0) is 9.53 Å². The Morgan fingerprint density at radius 2 is 1.81 bits per heavy atom. The zero-order valence-electron chi connectivity index (χ0n) is 19.9. The lowest BCUT2D eigenvalue weighted by molar-refractivity contribution is -0.135. The fourth-order valence-electron chi connectivity index (χ4n) is 3.87. The Kier molecular flexibility index (Phi) is 7.46. The summed E-state index contributed by atoms with van der Waals surface area (Å²) < 4.78 is 6.92. The second kappa shape index (κ2) is 10.1. The maximum Gasteiger partial charge on any atom is 0.266 e. The molecular formula is C26H33N3O3. The Morgan fingerprint density at radius 1 is 1.09 bits per heavy atom. The van der Waals surface area contributed by atoms with E-state index in [1.54, 1.807) is 22.6 Å². The first-order valence-corrected chi connectivity index (χ1v) is 11.1. The van der Waals surface area contributed by atoms with Crippen LogP contribution >= 0.6 is 0 Å². The van der Waals surface area contributed by atoms with Gasteiger partial charge in [0.1, 0.15) is 5.82 Å². The molecule has 3 rings (SSSR count). The Bertz CT molecular complexity index is 1170. The first-order chi connectivity index (χ1) is 15.2. The van der Waals surface area contributed by atoms with Crippen molar-refractivity contribution < 1.29 is 9.53 Å². The fourth-order valence-corrected chi connectivity index (χ4v) is 3.87. The summed E-state index contributed by atoms with van der Waals surface area (Å²) in [5.41, 5.74) is 3.49. The lowest BCUT2D eigenvalue weighted by atomic mass is 10.1. The van der Waals surface area contributed by atoms with Gasteiger partial charge in [-0.2, -0.15) is 0 Å². The Morgan fingerprint density at radius 3 is 2.47 bits per heavy atom. The number of rotatable bonds is 8. The number of carbonyl (C=O) groups excluding carboxylic acids is 1. The first-order valence-electron chi connectivity index (χ1n) is 11.1. The fraction of sp³-hybridized carbons (Fsp3) is 0.423. The van der Waals surface area contributed by atoms with E-state index in [0.29, 0.717) is 36.3 Å². The summed E-state index contributed by atoms with van der Waals surface area (Å²) in [7, 11) is 1.62. The van der Waals surface area contributed by atoms with Crippen LogP contribution in [0.1, 0.15) is 50.2 Å². The minimum Gasteiger partial charge on any atom is -0.383 e. The molecule has 6 nitrogen and oxygen atoms in total. The van der Waals surface area contributed by atoms with Crippen LogP contribution in [0.4, 0.5) is 0 Å². The molecule has 1 atom stereocenters. The van der Waals surface area contributed by atoms with Gasteiger partial charge in [0.2, 0.25) is 5.91 Å². The van der Waals surface area contributed by atoms with Crippen LogP contribution in [0.25, 0.3) is 16.6 Å². The highest BCUT2D eigenvalue weighted by atomic mass is 16.5. The van der Waals surface area contributed by atoms with Gasteiger partial charge in [-0.05, 0) is 62.1 Å². The summed E-state index contributed by atoms with van der Waals surface area (Å²) in [4.78, 5) is 33.4. The molecule has 0 aliphatic rings. The zero-order valence-corrected chi connectivity index (χ0v) is 19.9. The number of amides is 1. The number of para-hydroxylation sites is 1. The van der Waals surface area contributed by atoms with E-state index in [0.717, 1.165) is 16.8 Å². The molecule has 1 heterocycles. The van der Waals surface area contributed by atoms with E-state index in [-0.39, 0.29) is 17.4 Å². The zero-order chi connectivity index (χ0) is 23.4. The summed E-state index contributed by atoms with van der Waals surface area (Å²) in [6.45, 7) is 10.9. The van der Waals surface area contributed by atoms with E-state index in [4.69, 9.17) is 9.72 Å². The molecule has 1 unspecified atom stereocenters. The molecule has 1 aromatic heterocycles. The minimum atomic E-state index is -0.407. The monoisotopic (exact) mass is 435 g/mol. The van der Waals surface area contributed by atoms with Gasteiger partial charge in [0.15, 0.2) is 0 Å². The van der Waals surface area contributed by atoms with Gasteiger partial charge in [-0.3, -0.25) is 14.2 Å². The second-order valence-corrected chi connectivity index (χ2v) is 8.75. The average molecular weight is 436 g/mol. The van der Waals surface area contributed by atoms with Gasteiger partial charge in [0.05, 0.1) is 29.2 Å². The third-order valence-corrected chi connectivity index (χ3v) is 5.83. The molecule has 0 aliphatic heterocycles. The van der Waals surface area contributed by atoms with E-state index in [9.17, 15) is 9.59 Å². The number of benzene rings is 2. The van der Waals surface area contributed by atoms with Crippen molar-refractivity contribution in [2.24, 2.45) is 5.92 Å². The SMILES string of the molecule is COCCN(C(=O)CC(C)C)C(C)c1nc2ccccc2c(=O)n1-c1ccc(C)c(C)c1. The number of ether oxygens (including phenoxy) is 1. The van der Waals surface area contributed by atoms with Crippen molar-refractivity contribution in [3.05, 3.63) is 69.8 Å². The molecule has 0 radical (unpaired) electrons. The van der Waals surface area contributed by atoms with Crippen molar-refractivity contribution in [2.75, 3.05) is 20.3 Å². The largest absolute Gasteiger partial charge is 0.383 e. The molecule has 32 heavy (non-hydrogen) atoms. The predicted molar refractivity (Wildman–Crippen MR) is 128 cm³/mol. The molecule has 0 bridgehead atoms. The van der Waals surface area contributed by atoms with Crippen molar-refractivity contribution >= 4 is 16.8 Å². The third-order valence-electron chi connectivity index (χ3n) is 5.83. The number of fused-ring (bicyclic) bond motifs is 1. The van der Waals surface area contributed by atoms with Gasteiger partial charge >= 0.3 is 0 Å². The standard InChI is InChI=1S/C26H33N3O3/c1-17(2)15-24(30)28(13-14-32-6)20(5)25-27-23-10-8-7-9-22(23)26(31)29(25)21-12-11-18(3)19(4)16-21/h7-12,16-17,20H,13-15H2,1-6H3. The molecule has 2 aromatic carbocycles. The summed E-state index contributed by atoms with van der Waals surface area (Å²) in [5.74, 6) is 0.801. The van der Waals surface area contributed by atoms with Crippen LogP contribution < -0.4 is 5.56 Å². The number of methoxy groups -OCH3 is 1. The lowest BCUT2D eigenvalue weighted by Crippen LogP contribution is -2.39. The molecule has 0 saturated carbocycles. The number of carbonyl (C=O) groups is 1. The normalized spacial score (nSPS) is 12.3. The van der Waals surface area contributed by atoms with Crippen LogP contribution in [0.5, 0.6) is 0 Å². The number of hydrogen-bond acceptors (Lipinski definition) is 4. The summed E-state index contributed by atoms with van der Waals surface area (Å²) in [5, 5.41) is 0.554. The minimum absolute atomic E-state index is 0.0265. The maximum atomic E-state index is 13.6. The van der Waals surface area contributed by atoms with Gasteiger partial charge in [-0.25, -0.2) is 4.98 Å². The molecule has 0 spiro atoms. The number of nitrogens with zero attached hydrogens (tertiary/aromatic N) is 3. The number of hydrogen-bond donors (Lipinski definition) is 0. The smallest absolute Gasteiger partial charge is 0.266 e. The van der Waals surface area contributed by atoms with Crippen molar-refractivity contribution in [1.29, 1.82) is 0 Å². The highest BCUT2D eigenvalue weighted by Gasteiger charge is 2.27. The van der Waals surface area contributed by atoms with E-state index in [2.05, 4.69) is 0 Å². The Labute approximate surface area is 189 Å². The van der Waals surface area contributed by atoms with E-state index < -0.39 is 6.04 Å². The Balaban J connectivity index is 2.23. The summed E-state index contributed by atoms with van der Waals surface area (Å²) in [6, 6.07) is 12.9. The molecule has 0 aliphatic carbocycles. The molecular weight excluding hydrogens is 402 g/mol. The number of aromatic nitrogens is 2. The molecule has 3 aromatic rings. The van der Waals surface area contributed by atoms with E-state index in [1.807, 2.05) is 71.0 Å². The quantitative estimate of drug-likeness (QED) is 0.519. The maximum absolute atomic E-state index is 13.6. The second-order valence-electron chi connectivity index (χ2n) is 8.75. The molecule has 0 fully saturated rings. The molecule has 0 N–H and O–H groups in total. The van der Waals surface area contributed by atoms with Gasteiger partial charge < -0.3 is 9.64 Å². The van der Waals surface area contributed by atoms with Crippen LogP contribution in [-0.4, -0.2) is 40.6 Å². The lowest BCUT2D eigenvalue weighted by Gasteiger charge is -2.31. The third kappa shape index (κ3) is 4.91. The van der Waals surface area contributed by atoms with Crippen LogP contribution in [0, 0.1) is 19.8 Å². The van der Waals surface area contributed by atoms with Crippen molar-refractivity contribution in [1.82, 2.24) is 14.5 Å². The number of aryl methyl sites for hydroxylation is 2. The van der Waals surface area contributed by atoms with E-state index in [1.165, 1.54) is 0 Å². The topological polar surface area (TPSA) is 64.4 Å². The van der Waals surface area contributed by atoms with Crippen molar-refractivity contribution in [2.45, 2.75) is 47.1 Å². The highest BCUT2D eigenvalue weighted by Crippen LogP contribution is 2.25. The average Bonchev–Trinajstić information content (AvgIpc) is 2.75. The first kappa shape index (κ1) is 23.7. The van der Waals surface area contributed by atoms with Crippen LogP contribution in [0.2, 0.25) is 0 Å². The van der Waals surface area contributed by atoms with Gasteiger partial charge in [-0.15, -0.1) is 0 Å². The predicted octanol–water partition coefficient (Wildman–Crippen LogP) is 4.58. The van der Waals surface area contributed by atoms with Crippen molar-refractivity contribution in [3.63, 3.8) is 0 Å². The Hall–Kier alpha value is -2.99. The van der Waals surface area contributed by atoms with Gasteiger partial charge in [0.25, 0.3) is 5.56 Å². The molecule has 6 heteroatoms. The summed E-state index contributed by atoms with van der Waals surface area (Å²) >= 11 is 0. The summed E-state index contributed by atoms with van der Waals surface area (Å²) in [6.07, 6.45) is 0.426.